The molecule has 2 heteroatoms. The number of methoxy groups -OCH3 is 1. The first-order valence-electron chi connectivity index (χ1n) is 7.81. The molecule has 2 aromatic rings. The standard InChI is InChI=1S/C21H24O2/c1-5-20(17-7-6-8-19(13-17)23-4)18-12-11-16(21(22)14-18)10-9-15(2)3/h5-9,11-14,22H,10H2,1-4H3/b20-5-. The SMILES string of the molecule is C/C=C(/c1cccc(OC)c1)c1ccc(CC=C(C)C)c(O)c1. The second-order valence-corrected chi connectivity index (χ2v) is 5.76. The van der Waals surface area contributed by atoms with Crippen LogP contribution in [-0.4, -0.2) is 12.2 Å². The van der Waals surface area contributed by atoms with Crippen molar-refractivity contribution in [3.8, 4) is 11.5 Å². The molecule has 2 aromatic carbocycles. The summed E-state index contributed by atoms with van der Waals surface area (Å²) in [4.78, 5) is 0. The zero-order valence-corrected chi connectivity index (χ0v) is 14.3. The number of aromatic hydroxyl groups is 1. The van der Waals surface area contributed by atoms with Crippen molar-refractivity contribution in [1.29, 1.82) is 0 Å². The number of rotatable bonds is 5. The van der Waals surface area contributed by atoms with Crippen molar-refractivity contribution in [2.45, 2.75) is 27.2 Å². The molecule has 0 spiro atoms. The Labute approximate surface area is 138 Å². The van der Waals surface area contributed by atoms with Crippen molar-refractivity contribution in [2.24, 2.45) is 0 Å². The second kappa shape index (κ2) is 7.68. The van der Waals surface area contributed by atoms with E-state index in [0.29, 0.717) is 5.75 Å². The summed E-state index contributed by atoms with van der Waals surface area (Å²) < 4.78 is 5.30. The first-order valence-corrected chi connectivity index (χ1v) is 7.81. The third kappa shape index (κ3) is 4.26. The van der Waals surface area contributed by atoms with E-state index in [1.807, 2.05) is 43.3 Å². The average molecular weight is 308 g/mol. The molecule has 0 amide bonds. The van der Waals surface area contributed by atoms with Gasteiger partial charge in [-0.15, -0.1) is 0 Å². The zero-order chi connectivity index (χ0) is 16.8. The van der Waals surface area contributed by atoms with E-state index >= 15 is 0 Å². The van der Waals surface area contributed by atoms with E-state index in [1.165, 1.54) is 5.57 Å². The Morgan fingerprint density at radius 3 is 2.43 bits per heavy atom. The Morgan fingerprint density at radius 1 is 1.09 bits per heavy atom. The summed E-state index contributed by atoms with van der Waals surface area (Å²) in [5.74, 6) is 1.16. The van der Waals surface area contributed by atoms with E-state index in [-0.39, 0.29) is 0 Å². The van der Waals surface area contributed by atoms with Gasteiger partial charge in [-0.2, -0.15) is 0 Å². The highest BCUT2D eigenvalue weighted by molar-refractivity contribution is 5.80. The van der Waals surface area contributed by atoms with Crippen LogP contribution in [0.5, 0.6) is 11.5 Å². The van der Waals surface area contributed by atoms with Gasteiger partial charge in [0.2, 0.25) is 0 Å². The molecule has 120 valence electrons. The molecule has 0 heterocycles. The molecule has 0 aliphatic heterocycles. The maximum absolute atomic E-state index is 10.3. The molecule has 2 nitrogen and oxygen atoms in total. The summed E-state index contributed by atoms with van der Waals surface area (Å²) in [5, 5.41) is 10.3. The van der Waals surface area contributed by atoms with Gasteiger partial charge in [0.25, 0.3) is 0 Å². The molecule has 0 aliphatic rings. The van der Waals surface area contributed by atoms with E-state index in [9.17, 15) is 5.11 Å². The highest BCUT2D eigenvalue weighted by atomic mass is 16.5. The third-order valence-corrected chi connectivity index (χ3v) is 3.80. The summed E-state index contributed by atoms with van der Waals surface area (Å²) in [6.07, 6.45) is 4.92. The molecular formula is C21H24O2. The molecule has 2 rings (SSSR count). The molecule has 0 saturated carbocycles. The lowest BCUT2D eigenvalue weighted by Gasteiger charge is -2.11. The minimum atomic E-state index is 0.335. The Morgan fingerprint density at radius 2 is 1.83 bits per heavy atom. The van der Waals surface area contributed by atoms with Gasteiger partial charge in [0.15, 0.2) is 0 Å². The van der Waals surface area contributed by atoms with Crippen LogP contribution in [0.2, 0.25) is 0 Å². The topological polar surface area (TPSA) is 29.5 Å². The number of phenols is 1. The van der Waals surface area contributed by atoms with Crippen LogP contribution in [0.3, 0.4) is 0 Å². The summed E-state index contributed by atoms with van der Waals surface area (Å²) in [5.41, 5.74) is 5.34. The smallest absolute Gasteiger partial charge is 0.119 e. The molecule has 0 aromatic heterocycles. The van der Waals surface area contributed by atoms with Crippen molar-refractivity contribution < 1.29 is 9.84 Å². The molecule has 0 atom stereocenters. The molecule has 0 unspecified atom stereocenters. The molecule has 0 aliphatic carbocycles. The van der Waals surface area contributed by atoms with Crippen molar-refractivity contribution in [2.75, 3.05) is 7.11 Å². The fourth-order valence-corrected chi connectivity index (χ4v) is 2.51. The van der Waals surface area contributed by atoms with Gasteiger partial charge < -0.3 is 9.84 Å². The van der Waals surface area contributed by atoms with Crippen LogP contribution in [0.15, 0.2) is 60.2 Å². The van der Waals surface area contributed by atoms with Crippen LogP contribution in [0.4, 0.5) is 0 Å². The largest absolute Gasteiger partial charge is 0.508 e. The molecule has 0 saturated heterocycles. The molecule has 0 radical (unpaired) electrons. The van der Waals surface area contributed by atoms with Crippen molar-refractivity contribution in [3.05, 3.63) is 76.9 Å². The van der Waals surface area contributed by atoms with E-state index in [0.717, 1.165) is 34.4 Å². The van der Waals surface area contributed by atoms with Crippen molar-refractivity contribution in [3.63, 3.8) is 0 Å². The predicted octanol–water partition coefficient (Wildman–Crippen LogP) is 5.36. The minimum Gasteiger partial charge on any atom is -0.508 e. The maximum atomic E-state index is 10.3. The predicted molar refractivity (Wildman–Crippen MR) is 97.0 cm³/mol. The van der Waals surface area contributed by atoms with Crippen LogP contribution < -0.4 is 4.74 Å². The first-order chi connectivity index (χ1) is 11.0. The van der Waals surface area contributed by atoms with Crippen molar-refractivity contribution >= 4 is 5.57 Å². The second-order valence-electron chi connectivity index (χ2n) is 5.76. The fourth-order valence-electron chi connectivity index (χ4n) is 2.51. The van der Waals surface area contributed by atoms with E-state index in [1.54, 1.807) is 7.11 Å². The Bertz CT molecular complexity index is 735. The fraction of sp³-hybridized carbons (Fsp3) is 0.238. The number of hydrogen-bond acceptors (Lipinski definition) is 2. The maximum Gasteiger partial charge on any atom is 0.119 e. The summed E-state index contributed by atoms with van der Waals surface area (Å²) in [7, 11) is 1.66. The van der Waals surface area contributed by atoms with E-state index in [4.69, 9.17) is 4.74 Å². The average Bonchev–Trinajstić information content (AvgIpc) is 2.55. The molecular weight excluding hydrogens is 284 g/mol. The number of phenolic OH excluding ortho intramolecular Hbond substituents is 1. The molecule has 23 heavy (non-hydrogen) atoms. The van der Waals surface area contributed by atoms with Crippen LogP contribution in [0.1, 0.15) is 37.5 Å². The summed E-state index contributed by atoms with van der Waals surface area (Å²) in [6.45, 7) is 6.13. The van der Waals surface area contributed by atoms with Gasteiger partial charge in [-0.25, -0.2) is 0 Å². The molecule has 1 N–H and O–H groups in total. The van der Waals surface area contributed by atoms with Crippen LogP contribution >= 0.6 is 0 Å². The van der Waals surface area contributed by atoms with Gasteiger partial charge in [0.1, 0.15) is 11.5 Å². The Balaban J connectivity index is 2.35. The lowest BCUT2D eigenvalue weighted by molar-refractivity contribution is 0.414. The normalized spacial score (nSPS) is 11.2. The number of ether oxygens (including phenoxy) is 1. The van der Waals surface area contributed by atoms with Gasteiger partial charge in [-0.1, -0.05) is 42.0 Å². The highest BCUT2D eigenvalue weighted by Crippen LogP contribution is 2.30. The van der Waals surface area contributed by atoms with Gasteiger partial charge in [0, 0.05) is 0 Å². The monoisotopic (exact) mass is 308 g/mol. The number of benzene rings is 2. The lowest BCUT2D eigenvalue weighted by atomic mass is 9.95. The lowest BCUT2D eigenvalue weighted by Crippen LogP contribution is -1.92. The van der Waals surface area contributed by atoms with Crippen LogP contribution in [0, 0.1) is 0 Å². The summed E-state index contributed by atoms with van der Waals surface area (Å²) >= 11 is 0. The Kier molecular flexibility index (Phi) is 5.64. The van der Waals surface area contributed by atoms with Gasteiger partial charge in [0.05, 0.1) is 7.11 Å². The van der Waals surface area contributed by atoms with Crippen LogP contribution in [0.25, 0.3) is 5.57 Å². The van der Waals surface area contributed by atoms with Crippen molar-refractivity contribution in [1.82, 2.24) is 0 Å². The first kappa shape index (κ1) is 16.9. The Hall–Kier alpha value is -2.48. The zero-order valence-electron chi connectivity index (χ0n) is 14.3. The van der Waals surface area contributed by atoms with Gasteiger partial charge in [-0.05, 0) is 67.7 Å². The highest BCUT2D eigenvalue weighted by Gasteiger charge is 2.08. The van der Waals surface area contributed by atoms with Gasteiger partial charge >= 0.3 is 0 Å². The number of allylic oxidation sites excluding steroid dienone is 3. The number of hydrogen-bond donors (Lipinski definition) is 1. The van der Waals surface area contributed by atoms with E-state index in [2.05, 4.69) is 32.1 Å². The molecule has 0 bridgehead atoms. The quantitative estimate of drug-likeness (QED) is 0.753. The third-order valence-electron chi connectivity index (χ3n) is 3.80. The van der Waals surface area contributed by atoms with E-state index < -0.39 is 0 Å². The summed E-state index contributed by atoms with van der Waals surface area (Å²) in [6, 6.07) is 13.8. The van der Waals surface area contributed by atoms with Crippen LogP contribution in [-0.2, 0) is 6.42 Å². The van der Waals surface area contributed by atoms with Gasteiger partial charge in [-0.3, -0.25) is 0 Å². The minimum absolute atomic E-state index is 0.335. The molecule has 0 fully saturated rings.